The van der Waals surface area contributed by atoms with Gasteiger partial charge in [-0.2, -0.15) is 0 Å². The summed E-state index contributed by atoms with van der Waals surface area (Å²) in [6.07, 6.45) is 1.88. The highest BCUT2D eigenvalue weighted by Gasteiger charge is 2.29. The average Bonchev–Trinajstić information content (AvgIpc) is 2.42. The number of hydrogen-bond donors (Lipinski definition) is 1. The third-order valence-corrected chi connectivity index (χ3v) is 3.45. The van der Waals surface area contributed by atoms with Crippen LogP contribution in [0.1, 0.15) is 38.3 Å². The molecule has 4 heteroatoms. The third kappa shape index (κ3) is 4.00. The zero-order valence-electron chi connectivity index (χ0n) is 11.6. The van der Waals surface area contributed by atoms with Crippen LogP contribution < -0.4 is 5.32 Å². The first-order chi connectivity index (χ1) is 9.13. The number of hydrogen-bond acceptors (Lipinski definition) is 3. The summed E-state index contributed by atoms with van der Waals surface area (Å²) in [5, 5.41) is 3.44. The predicted octanol–water partition coefficient (Wildman–Crippen LogP) is 3.02. The largest absolute Gasteiger partial charge is 0.349 e. The Balaban J connectivity index is 1.93. The van der Waals surface area contributed by atoms with Crippen LogP contribution in [0.5, 0.6) is 0 Å². The Kier molecular flexibility index (Phi) is 4.91. The molecule has 0 aromatic heterocycles. The van der Waals surface area contributed by atoms with E-state index in [1.807, 2.05) is 19.1 Å². The van der Waals surface area contributed by atoms with Gasteiger partial charge in [0.1, 0.15) is 5.82 Å². The molecule has 1 N–H and O–H groups in total. The molecule has 1 heterocycles. The van der Waals surface area contributed by atoms with Gasteiger partial charge in [0, 0.05) is 12.6 Å². The lowest BCUT2D eigenvalue weighted by Gasteiger charge is -2.35. The van der Waals surface area contributed by atoms with Gasteiger partial charge in [-0.15, -0.1) is 0 Å². The van der Waals surface area contributed by atoms with Crippen LogP contribution in [0.2, 0.25) is 0 Å². The van der Waals surface area contributed by atoms with E-state index in [1.54, 1.807) is 0 Å². The fraction of sp³-hybridized carbons (Fsp3) is 0.600. The summed E-state index contributed by atoms with van der Waals surface area (Å²) in [6, 6.07) is 6.82. The molecule has 1 aromatic rings. The Morgan fingerprint density at radius 1 is 1.26 bits per heavy atom. The Hall–Kier alpha value is -0.970. The fourth-order valence-electron chi connectivity index (χ4n) is 2.28. The summed E-state index contributed by atoms with van der Waals surface area (Å²) in [7, 11) is 0. The summed E-state index contributed by atoms with van der Waals surface area (Å²) in [4.78, 5) is 0. The molecule has 1 aliphatic heterocycles. The standard InChI is InChI=1S/C15H22FNO2/c1-3-14(12-5-7-13(16)8-6-12)17-11-15(2)18-9-4-10-19-15/h5-8,14,17H,3-4,9-11H2,1-2H3/t14-/m0/s1. The highest BCUT2D eigenvalue weighted by Crippen LogP contribution is 2.21. The van der Waals surface area contributed by atoms with Gasteiger partial charge in [-0.1, -0.05) is 19.1 Å². The maximum Gasteiger partial charge on any atom is 0.177 e. The minimum Gasteiger partial charge on any atom is -0.349 e. The Labute approximate surface area is 114 Å². The van der Waals surface area contributed by atoms with E-state index in [4.69, 9.17) is 9.47 Å². The van der Waals surface area contributed by atoms with E-state index >= 15 is 0 Å². The van der Waals surface area contributed by atoms with Crippen molar-refractivity contribution in [2.75, 3.05) is 19.8 Å². The Morgan fingerprint density at radius 2 is 1.89 bits per heavy atom. The van der Waals surface area contributed by atoms with Gasteiger partial charge in [-0.3, -0.25) is 0 Å². The van der Waals surface area contributed by atoms with Crippen molar-refractivity contribution in [1.82, 2.24) is 5.32 Å². The Bertz CT molecular complexity index is 388. The lowest BCUT2D eigenvalue weighted by molar-refractivity contribution is -0.252. The van der Waals surface area contributed by atoms with Gasteiger partial charge >= 0.3 is 0 Å². The normalized spacial score (nSPS) is 20.2. The van der Waals surface area contributed by atoms with Gasteiger partial charge in [-0.25, -0.2) is 4.39 Å². The van der Waals surface area contributed by atoms with Crippen LogP contribution in [0.4, 0.5) is 4.39 Å². The second-order valence-electron chi connectivity index (χ2n) is 5.08. The molecule has 0 spiro atoms. The quantitative estimate of drug-likeness (QED) is 0.889. The second-order valence-corrected chi connectivity index (χ2v) is 5.08. The topological polar surface area (TPSA) is 30.5 Å². The van der Waals surface area contributed by atoms with Gasteiger partial charge in [-0.05, 0) is 37.5 Å². The van der Waals surface area contributed by atoms with Gasteiger partial charge in [0.15, 0.2) is 5.79 Å². The molecule has 0 aliphatic carbocycles. The zero-order valence-corrected chi connectivity index (χ0v) is 11.6. The first-order valence-corrected chi connectivity index (χ1v) is 6.90. The molecular formula is C15H22FNO2. The maximum absolute atomic E-state index is 12.9. The predicted molar refractivity (Wildman–Crippen MR) is 72.4 cm³/mol. The van der Waals surface area contributed by atoms with Crippen molar-refractivity contribution in [2.45, 2.75) is 38.5 Å². The van der Waals surface area contributed by atoms with Gasteiger partial charge in [0.25, 0.3) is 0 Å². The number of halogens is 1. The van der Waals surface area contributed by atoms with Crippen LogP contribution >= 0.6 is 0 Å². The van der Waals surface area contributed by atoms with Crippen LogP contribution in [0, 0.1) is 5.82 Å². The molecular weight excluding hydrogens is 245 g/mol. The summed E-state index contributed by atoms with van der Waals surface area (Å²) in [5.74, 6) is -0.754. The molecule has 1 aromatic carbocycles. The molecule has 1 atom stereocenters. The van der Waals surface area contributed by atoms with E-state index < -0.39 is 5.79 Å². The van der Waals surface area contributed by atoms with Crippen molar-refractivity contribution in [1.29, 1.82) is 0 Å². The lowest BCUT2D eigenvalue weighted by atomic mass is 10.0. The molecule has 1 aliphatic rings. The van der Waals surface area contributed by atoms with Crippen molar-refractivity contribution in [3.05, 3.63) is 35.6 Å². The number of benzene rings is 1. The SMILES string of the molecule is CC[C@H](NCC1(C)OCCCO1)c1ccc(F)cc1. The van der Waals surface area contributed by atoms with Gasteiger partial charge < -0.3 is 14.8 Å². The smallest absolute Gasteiger partial charge is 0.177 e. The third-order valence-electron chi connectivity index (χ3n) is 3.45. The van der Waals surface area contributed by atoms with Crippen LogP contribution in [-0.4, -0.2) is 25.5 Å². The zero-order chi connectivity index (χ0) is 13.7. The molecule has 0 unspecified atom stereocenters. The molecule has 0 amide bonds. The summed E-state index contributed by atoms with van der Waals surface area (Å²) in [5.41, 5.74) is 1.09. The van der Waals surface area contributed by atoms with Crippen molar-refractivity contribution in [3.8, 4) is 0 Å². The van der Waals surface area contributed by atoms with Gasteiger partial charge in [0.2, 0.25) is 0 Å². The van der Waals surface area contributed by atoms with Crippen LogP contribution in [0.25, 0.3) is 0 Å². The second kappa shape index (κ2) is 6.46. The molecule has 0 saturated carbocycles. The molecule has 2 rings (SSSR count). The van der Waals surface area contributed by atoms with Crippen molar-refractivity contribution >= 4 is 0 Å². The molecule has 19 heavy (non-hydrogen) atoms. The van der Waals surface area contributed by atoms with Crippen molar-refractivity contribution < 1.29 is 13.9 Å². The molecule has 0 radical (unpaired) electrons. The maximum atomic E-state index is 12.9. The van der Waals surface area contributed by atoms with E-state index in [9.17, 15) is 4.39 Å². The minimum absolute atomic E-state index is 0.187. The van der Waals surface area contributed by atoms with Gasteiger partial charge in [0.05, 0.1) is 13.2 Å². The molecule has 106 valence electrons. The van der Waals surface area contributed by atoms with Crippen LogP contribution in [0.3, 0.4) is 0 Å². The average molecular weight is 267 g/mol. The summed E-state index contributed by atoms with van der Waals surface area (Å²) < 4.78 is 24.3. The summed E-state index contributed by atoms with van der Waals surface area (Å²) >= 11 is 0. The van der Waals surface area contributed by atoms with Crippen LogP contribution in [-0.2, 0) is 9.47 Å². The molecule has 1 saturated heterocycles. The first-order valence-electron chi connectivity index (χ1n) is 6.90. The molecule has 1 fully saturated rings. The van der Waals surface area contributed by atoms with E-state index in [-0.39, 0.29) is 11.9 Å². The monoisotopic (exact) mass is 267 g/mol. The highest BCUT2D eigenvalue weighted by molar-refractivity contribution is 5.19. The lowest BCUT2D eigenvalue weighted by Crippen LogP contribution is -2.46. The van der Waals surface area contributed by atoms with E-state index in [1.165, 1.54) is 12.1 Å². The van der Waals surface area contributed by atoms with Crippen LogP contribution in [0.15, 0.2) is 24.3 Å². The number of rotatable bonds is 5. The molecule has 3 nitrogen and oxygen atoms in total. The first kappa shape index (κ1) is 14.4. The van der Waals surface area contributed by atoms with Crippen molar-refractivity contribution in [3.63, 3.8) is 0 Å². The fourth-order valence-corrected chi connectivity index (χ4v) is 2.28. The van der Waals surface area contributed by atoms with Crippen molar-refractivity contribution in [2.24, 2.45) is 0 Å². The van der Waals surface area contributed by atoms with E-state index in [0.29, 0.717) is 6.54 Å². The Morgan fingerprint density at radius 3 is 2.47 bits per heavy atom. The number of ether oxygens (including phenoxy) is 2. The molecule has 0 bridgehead atoms. The highest BCUT2D eigenvalue weighted by atomic mass is 19.1. The number of nitrogens with one attached hydrogen (secondary N) is 1. The summed E-state index contributed by atoms with van der Waals surface area (Å²) in [6.45, 7) is 6.17. The minimum atomic E-state index is -0.550. The van der Waals surface area contributed by atoms with E-state index in [2.05, 4.69) is 12.2 Å². The van der Waals surface area contributed by atoms with E-state index in [0.717, 1.165) is 31.6 Å².